The molecule has 0 amide bonds. The third-order valence-corrected chi connectivity index (χ3v) is 4.15. The van der Waals surface area contributed by atoms with Crippen molar-refractivity contribution < 1.29 is 13.2 Å². The summed E-state index contributed by atoms with van der Waals surface area (Å²) in [4.78, 5) is 0. The van der Waals surface area contributed by atoms with E-state index in [-0.39, 0.29) is 5.41 Å². The SMILES string of the molecule is NCC1(c2cc(C(F)(F)F)ccc2Cl)CCCC1. The molecule has 1 nitrogen and oxygen atoms in total. The van der Waals surface area contributed by atoms with Gasteiger partial charge in [-0.25, -0.2) is 0 Å². The second kappa shape index (κ2) is 4.74. The van der Waals surface area contributed by atoms with Gasteiger partial charge in [0.15, 0.2) is 0 Å². The molecule has 1 fully saturated rings. The molecule has 5 heteroatoms. The highest BCUT2D eigenvalue weighted by Gasteiger charge is 2.38. The summed E-state index contributed by atoms with van der Waals surface area (Å²) in [5, 5.41) is 0.385. The molecule has 2 N–H and O–H groups in total. The van der Waals surface area contributed by atoms with Crippen molar-refractivity contribution in [3.8, 4) is 0 Å². The van der Waals surface area contributed by atoms with Crippen LogP contribution in [0.3, 0.4) is 0 Å². The zero-order chi connectivity index (χ0) is 13.4. The maximum atomic E-state index is 12.7. The standard InChI is InChI=1S/C13H15ClF3N/c14-11-4-3-9(13(15,16)17)7-10(11)12(8-18)5-1-2-6-12/h3-4,7H,1-2,5-6,8,18H2. The Balaban J connectivity index is 2.49. The van der Waals surface area contributed by atoms with Crippen molar-refractivity contribution in [2.45, 2.75) is 37.3 Å². The van der Waals surface area contributed by atoms with Crippen molar-refractivity contribution >= 4 is 11.6 Å². The first-order chi connectivity index (χ1) is 8.39. The Hall–Kier alpha value is -0.740. The quantitative estimate of drug-likeness (QED) is 0.864. The van der Waals surface area contributed by atoms with Crippen molar-refractivity contribution in [3.05, 3.63) is 34.3 Å². The van der Waals surface area contributed by atoms with Gasteiger partial charge in [0.05, 0.1) is 5.56 Å². The Labute approximate surface area is 109 Å². The van der Waals surface area contributed by atoms with Gasteiger partial charge >= 0.3 is 6.18 Å². The second-order valence-electron chi connectivity index (χ2n) is 4.88. The van der Waals surface area contributed by atoms with Crippen LogP contribution in [0.5, 0.6) is 0 Å². The molecule has 0 atom stereocenters. The van der Waals surface area contributed by atoms with Crippen LogP contribution < -0.4 is 5.73 Å². The molecule has 1 aliphatic carbocycles. The molecule has 1 saturated carbocycles. The van der Waals surface area contributed by atoms with E-state index in [2.05, 4.69) is 0 Å². The minimum atomic E-state index is -4.34. The van der Waals surface area contributed by atoms with Crippen molar-refractivity contribution in [1.29, 1.82) is 0 Å². The zero-order valence-electron chi connectivity index (χ0n) is 9.86. The van der Waals surface area contributed by atoms with E-state index in [1.54, 1.807) is 0 Å². The number of benzene rings is 1. The lowest BCUT2D eigenvalue weighted by Gasteiger charge is -2.29. The fourth-order valence-electron chi connectivity index (χ4n) is 2.74. The monoisotopic (exact) mass is 277 g/mol. The molecular formula is C13H15ClF3N. The molecule has 1 aliphatic rings. The summed E-state index contributed by atoms with van der Waals surface area (Å²) < 4.78 is 38.2. The first-order valence-electron chi connectivity index (χ1n) is 5.96. The minimum Gasteiger partial charge on any atom is -0.330 e. The Morgan fingerprint density at radius 1 is 1.22 bits per heavy atom. The molecule has 0 spiro atoms. The van der Waals surface area contributed by atoms with Crippen LogP contribution in [0.25, 0.3) is 0 Å². The van der Waals surface area contributed by atoms with E-state index in [9.17, 15) is 13.2 Å². The highest BCUT2D eigenvalue weighted by molar-refractivity contribution is 6.31. The minimum absolute atomic E-state index is 0.341. The smallest absolute Gasteiger partial charge is 0.330 e. The van der Waals surface area contributed by atoms with Gasteiger partial charge in [-0.15, -0.1) is 0 Å². The van der Waals surface area contributed by atoms with Crippen LogP contribution in [0.4, 0.5) is 13.2 Å². The lowest BCUT2D eigenvalue weighted by molar-refractivity contribution is -0.137. The third kappa shape index (κ3) is 2.36. The van der Waals surface area contributed by atoms with Crippen LogP contribution in [0.15, 0.2) is 18.2 Å². The summed E-state index contributed by atoms with van der Waals surface area (Å²) in [6, 6.07) is 3.51. The van der Waals surface area contributed by atoms with Crippen LogP contribution in [0, 0.1) is 0 Å². The second-order valence-corrected chi connectivity index (χ2v) is 5.29. The van der Waals surface area contributed by atoms with Gasteiger partial charge in [-0.2, -0.15) is 13.2 Å². The molecular weight excluding hydrogens is 263 g/mol. The normalized spacial score (nSPS) is 19.2. The molecule has 18 heavy (non-hydrogen) atoms. The Morgan fingerprint density at radius 2 is 1.83 bits per heavy atom. The summed E-state index contributed by atoms with van der Waals surface area (Å²) in [6.45, 7) is 0.341. The first kappa shape index (κ1) is 13.7. The zero-order valence-corrected chi connectivity index (χ0v) is 10.6. The number of hydrogen-bond acceptors (Lipinski definition) is 1. The predicted octanol–water partition coefficient (Wildman–Crippen LogP) is 4.13. The molecule has 0 bridgehead atoms. The van der Waals surface area contributed by atoms with E-state index in [0.29, 0.717) is 17.1 Å². The van der Waals surface area contributed by atoms with E-state index < -0.39 is 11.7 Å². The molecule has 2 rings (SSSR count). The highest BCUT2D eigenvalue weighted by atomic mass is 35.5. The van der Waals surface area contributed by atoms with Crippen LogP contribution in [-0.2, 0) is 11.6 Å². The Kier molecular flexibility index (Phi) is 3.60. The number of alkyl halides is 3. The maximum Gasteiger partial charge on any atom is 0.416 e. The van der Waals surface area contributed by atoms with Crippen LogP contribution in [-0.4, -0.2) is 6.54 Å². The van der Waals surface area contributed by atoms with Crippen molar-refractivity contribution in [2.24, 2.45) is 5.73 Å². The van der Waals surface area contributed by atoms with E-state index >= 15 is 0 Å². The molecule has 1 aromatic rings. The summed E-state index contributed by atoms with van der Waals surface area (Å²) in [7, 11) is 0. The van der Waals surface area contributed by atoms with Crippen molar-refractivity contribution in [1.82, 2.24) is 0 Å². The van der Waals surface area contributed by atoms with Gasteiger partial charge in [-0.3, -0.25) is 0 Å². The van der Waals surface area contributed by atoms with Crippen molar-refractivity contribution in [3.63, 3.8) is 0 Å². The first-order valence-corrected chi connectivity index (χ1v) is 6.34. The van der Waals surface area contributed by atoms with Gasteiger partial charge in [-0.05, 0) is 36.6 Å². The Bertz CT molecular complexity index is 436. The molecule has 100 valence electrons. The van der Waals surface area contributed by atoms with Gasteiger partial charge in [0.25, 0.3) is 0 Å². The van der Waals surface area contributed by atoms with E-state index in [1.165, 1.54) is 12.1 Å². The van der Waals surface area contributed by atoms with Gasteiger partial charge in [-0.1, -0.05) is 24.4 Å². The summed E-state index contributed by atoms with van der Waals surface area (Å²) >= 11 is 6.07. The van der Waals surface area contributed by atoms with E-state index in [4.69, 9.17) is 17.3 Å². The highest BCUT2D eigenvalue weighted by Crippen LogP contribution is 2.44. The fraction of sp³-hybridized carbons (Fsp3) is 0.538. The summed E-state index contributed by atoms with van der Waals surface area (Å²) in [6.07, 6.45) is -0.740. The average Bonchev–Trinajstić information content (AvgIpc) is 2.77. The largest absolute Gasteiger partial charge is 0.416 e. The number of hydrogen-bond donors (Lipinski definition) is 1. The Morgan fingerprint density at radius 3 is 2.33 bits per heavy atom. The molecule has 0 radical (unpaired) electrons. The van der Waals surface area contributed by atoms with Crippen LogP contribution in [0.1, 0.15) is 36.8 Å². The van der Waals surface area contributed by atoms with Crippen molar-refractivity contribution in [2.75, 3.05) is 6.54 Å². The van der Waals surface area contributed by atoms with Crippen LogP contribution in [0.2, 0.25) is 5.02 Å². The lowest BCUT2D eigenvalue weighted by atomic mass is 9.78. The van der Waals surface area contributed by atoms with E-state index in [1.807, 2.05) is 0 Å². The number of halogens is 4. The third-order valence-electron chi connectivity index (χ3n) is 3.82. The number of nitrogens with two attached hydrogens (primary N) is 1. The van der Waals surface area contributed by atoms with E-state index in [0.717, 1.165) is 31.7 Å². The van der Waals surface area contributed by atoms with Gasteiger partial charge in [0.2, 0.25) is 0 Å². The molecule has 0 heterocycles. The van der Waals surface area contributed by atoms with Gasteiger partial charge in [0.1, 0.15) is 0 Å². The topological polar surface area (TPSA) is 26.0 Å². The van der Waals surface area contributed by atoms with Gasteiger partial charge < -0.3 is 5.73 Å². The average molecular weight is 278 g/mol. The maximum absolute atomic E-state index is 12.7. The fourth-order valence-corrected chi connectivity index (χ4v) is 3.06. The number of rotatable bonds is 2. The predicted molar refractivity (Wildman–Crippen MR) is 65.7 cm³/mol. The molecule has 0 unspecified atom stereocenters. The molecule has 0 aromatic heterocycles. The molecule has 0 saturated heterocycles. The summed E-state index contributed by atoms with van der Waals surface area (Å²) in [5.41, 5.74) is 5.32. The van der Waals surface area contributed by atoms with Gasteiger partial charge in [0, 0.05) is 17.0 Å². The summed E-state index contributed by atoms with van der Waals surface area (Å²) in [5.74, 6) is 0. The van der Waals surface area contributed by atoms with Crippen LogP contribution >= 0.6 is 11.6 Å². The lowest BCUT2D eigenvalue weighted by Crippen LogP contribution is -2.32. The molecule has 0 aliphatic heterocycles. The molecule has 1 aromatic carbocycles.